The molecule has 1 rings (SSSR count). The molecule has 2 unspecified atom stereocenters. The van der Waals surface area contributed by atoms with Gasteiger partial charge in [0.25, 0.3) is 0 Å². The minimum atomic E-state index is -1.60. The van der Waals surface area contributed by atoms with Crippen molar-refractivity contribution in [1.29, 1.82) is 0 Å². The molecular formula is C61H121NO9. The largest absolute Gasteiger partial charge is 0.394 e. The summed E-state index contributed by atoms with van der Waals surface area (Å²) in [5.74, 6) is -0.250. The molecule has 7 N–H and O–H groups in total. The molecule has 10 nitrogen and oxygen atoms in total. The van der Waals surface area contributed by atoms with Crippen LogP contribution in [0.4, 0.5) is 0 Å². The highest BCUT2D eigenvalue weighted by Crippen LogP contribution is 2.24. The quantitative estimate of drug-likeness (QED) is 0.0293. The first-order valence-corrected chi connectivity index (χ1v) is 31.3. The molecular weight excluding hydrogens is 891 g/mol. The third-order valence-electron chi connectivity index (χ3n) is 15.6. The molecule has 8 atom stereocenters. The monoisotopic (exact) mass is 1010 g/mol. The SMILES string of the molecule is CCCCCCCCCCCCCCCCCCCCCCCCCCCCCCCCCCCCC(=O)N[C@@H](CO[C@@H]1O[C@H](CO)[C@@H](O)C(O)C1O)[C@H](O)[C@H](O)CCCCCCCCCCCCCC. The minimum absolute atomic E-state index is 0.250. The Bertz CT molecular complexity index is 1100. The number of nitrogens with one attached hydrogen (secondary N) is 1. The Hall–Kier alpha value is -0.850. The highest BCUT2D eigenvalue weighted by molar-refractivity contribution is 5.76. The van der Waals surface area contributed by atoms with Crippen LogP contribution < -0.4 is 5.32 Å². The van der Waals surface area contributed by atoms with Crippen molar-refractivity contribution in [1.82, 2.24) is 5.32 Å². The lowest BCUT2D eigenvalue weighted by molar-refractivity contribution is -0.303. The number of ether oxygens (including phenoxy) is 2. The molecule has 424 valence electrons. The van der Waals surface area contributed by atoms with Gasteiger partial charge in [-0.2, -0.15) is 0 Å². The molecule has 0 aromatic heterocycles. The Labute approximate surface area is 438 Å². The molecule has 0 aromatic rings. The van der Waals surface area contributed by atoms with Crippen LogP contribution >= 0.6 is 0 Å². The van der Waals surface area contributed by atoms with Gasteiger partial charge in [-0.3, -0.25) is 4.79 Å². The zero-order chi connectivity index (χ0) is 51.7. The number of carbonyl (C=O) groups excluding carboxylic acids is 1. The van der Waals surface area contributed by atoms with E-state index in [1.807, 2.05) is 0 Å². The normalized spacial score (nSPS) is 19.6. The van der Waals surface area contributed by atoms with Crippen LogP contribution in [-0.4, -0.2) is 98.7 Å². The van der Waals surface area contributed by atoms with Crippen LogP contribution in [0.5, 0.6) is 0 Å². The smallest absolute Gasteiger partial charge is 0.220 e. The van der Waals surface area contributed by atoms with Gasteiger partial charge in [0.1, 0.15) is 30.5 Å². The van der Waals surface area contributed by atoms with Gasteiger partial charge in [-0.05, 0) is 12.8 Å². The number of carbonyl (C=O) groups is 1. The van der Waals surface area contributed by atoms with Crippen LogP contribution in [0.2, 0.25) is 0 Å². The second kappa shape index (κ2) is 51.3. The maximum Gasteiger partial charge on any atom is 0.220 e. The lowest BCUT2D eigenvalue weighted by Crippen LogP contribution is -2.60. The number of unbranched alkanes of at least 4 members (excludes halogenated alkanes) is 44. The summed E-state index contributed by atoms with van der Waals surface area (Å²) in [5.41, 5.74) is 0. The molecule has 1 aliphatic heterocycles. The van der Waals surface area contributed by atoms with Crippen molar-refractivity contribution in [2.75, 3.05) is 13.2 Å². The van der Waals surface area contributed by atoms with E-state index in [0.717, 1.165) is 38.5 Å². The standard InChI is InChI=1S/C61H121NO9/c1-3-5-7-9-11-13-15-17-18-19-20-21-22-23-24-25-26-27-28-29-30-31-32-33-34-35-36-37-38-40-42-44-46-48-50-56(65)62-53(52-70-61-60(69)59(68)58(67)55(51-63)71-61)57(66)54(64)49-47-45-43-41-39-16-14-12-10-8-6-4-2/h53-55,57-61,63-64,66-69H,3-52H2,1-2H3,(H,62,65)/t53-,54+,55+,57-,58+,59?,60?,61+/m0/s1. The summed E-state index contributed by atoms with van der Waals surface area (Å²) in [5, 5.41) is 65.5. The van der Waals surface area contributed by atoms with Crippen LogP contribution in [0.1, 0.15) is 322 Å². The molecule has 1 heterocycles. The Morgan fingerprint density at radius 2 is 0.732 bits per heavy atom. The Balaban J connectivity index is 2.08. The number of rotatable bonds is 55. The molecule has 1 fully saturated rings. The zero-order valence-electron chi connectivity index (χ0n) is 46.9. The van der Waals surface area contributed by atoms with Crippen LogP contribution in [0.3, 0.4) is 0 Å². The Morgan fingerprint density at radius 3 is 1.04 bits per heavy atom. The first kappa shape index (κ1) is 68.2. The summed E-state index contributed by atoms with van der Waals surface area (Å²) in [6.45, 7) is 3.65. The highest BCUT2D eigenvalue weighted by atomic mass is 16.7. The van der Waals surface area contributed by atoms with E-state index in [-0.39, 0.29) is 18.9 Å². The first-order chi connectivity index (χ1) is 34.8. The number of amides is 1. The van der Waals surface area contributed by atoms with Gasteiger partial charge >= 0.3 is 0 Å². The van der Waals surface area contributed by atoms with Crippen molar-refractivity contribution < 1.29 is 44.9 Å². The number of hydrogen-bond donors (Lipinski definition) is 7. The van der Waals surface area contributed by atoms with E-state index in [4.69, 9.17) is 9.47 Å². The number of aliphatic hydroxyl groups is 6. The van der Waals surface area contributed by atoms with Crippen LogP contribution in [0.15, 0.2) is 0 Å². The lowest BCUT2D eigenvalue weighted by Gasteiger charge is -2.40. The maximum atomic E-state index is 13.1. The second-order valence-electron chi connectivity index (χ2n) is 22.4. The molecule has 10 heteroatoms. The van der Waals surface area contributed by atoms with Gasteiger partial charge in [0, 0.05) is 6.42 Å². The van der Waals surface area contributed by atoms with Crippen molar-refractivity contribution in [2.24, 2.45) is 0 Å². The molecule has 0 saturated carbocycles. The van der Waals surface area contributed by atoms with Crippen molar-refractivity contribution >= 4 is 5.91 Å². The number of hydrogen-bond acceptors (Lipinski definition) is 9. The van der Waals surface area contributed by atoms with E-state index in [9.17, 15) is 35.4 Å². The van der Waals surface area contributed by atoms with Crippen molar-refractivity contribution in [3.05, 3.63) is 0 Å². The second-order valence-corrected chi connectivity index (χ2v) is 22.4. The van der Waals surface area contributed by atoms with E-state index in [0.29, 0.717) is 6.42 Å². The van der Waals surface area contributed by atoms with E-state index in [1.54, 1.807) is 0 Å². The molecule has 0 aliphatic carbocycles. The predicted octanol–water partition coefficient (Wildman–Crippen LogP) is 14.8. The molecule has 1 amide bonds. The topological polar surface area (TPSA) is 169 Å². The van der Waals surface area contributed by atoms with Gasteiger partial charge in [-0.25, -0.2) is 0 Å². The fraction of sp³-hybridized carbons (Fsp3) is 0.984. The molecule has 71 heavy (non-hydrogen) atoms. The van der Waals surface area contributed by atoms with Crippen LogP contribution in [0.25, 0.3) is 0 Å². The molecule has 0 aromatic carbocycles. The van der Waals surface area contributed by atoms with Gasteiger partial charge in [-0.1, -0.05) is 303 Å². The number of aliphatic hydroxyl groups excluding tert-OH is 6. The van der Waals surface area contributed by atoms with E-state index in [1.165, 1.54) is 257 Å². The minimum Gasteiger partial charge on any atom is -0.394 e. The maximum absolute atomic E-state index is 13.1. The fourth-order valence-corrected chi connectivity index (χ4v) is 10.6. The summed E-state index contributed by atoms with van der Waals surface area (Å²) in [7, 11) is 0. The van der Waals surface area contributed by atoms with Gasteiger partial charge < -0.3 is 45.4 Å². The van der Waals surface area contributed by atoms with E-state index >= 15 is 0 Å². The van der Waals surface area contributed by atoms with Gasteiger partial charge in [-0.15, -0.1) is 0 Å². The summed E-state index contributed by atoms with van der Waals surface area (Å²) < 4.78 is 11.2. The van der Waals surface area contributed by atoms with Crippen LogP contribution in [0, 0.1) is 0 Å². The summed E-state index contributed by atoms with van der Waals surface area (Å²) in [4.78, 5) is 13.1. The molecule has 0 radical (unpaired) electrons. The molecule has 1 aliphatic rings. The third-order valence-corrected chi connectivity index (χ3v) is 15.6. The van der Waals surface area contributed by atoms with Crippen LogP contribution in [-0.2, 0) is 14.3 Å². The molecule has 0 spiro atoms. The fourth-order valence-electron chi connectivity index (χ4n) is 10.6. The van der Waals surface area contributed by atoms with Gasteiger partial charge in [0.15, 0.2) is 6.29 Å². The average molecular weight is 1010 g/mol. The van der Waals surface area contributed by atoms with E-state index < -0.39 is 55.6 Å². The lowest BCUT2D eigenvalue weighted by atomic mass is 9.98. The molecule has 1 saturated heterocycles. The Morgan fingerprint density at radius 1 is 0.437 bits per heavy atom. The summed E-state index contributed by atoms with van der Waals surface area (Å²) in [6.07, 6.45) is 51.6. The third kappa shape index (κ3) is 40.1. The van der Waals surface area contributed by atoms with Crippen molar-refractivity contribution in [3.8, 4) is 0 Å². The van der Waals surface area contributed by atoms with E-state index in [2.05, 4.69) is 19.2 Å². The zero-order valence-corrected chi connectivity index (χ0v) is 46.9. The van der Waals surface area contributed by atoms with Gasteiger partial charge in [0.2, 0.25) is 5.91 Å². The first-order valence-electron chi connectivity index (χ1n) is 31.3. The molecule has 0 bridgehead atoms. The van der Waals surface area contributed by atoms with Gasteiger partial charge in [0.05, 0.1) is 25.4 Å². The predicted molar refractivity (Wildman–Crippen MR) is 297 cm³/mol. The summed E-state index contributed by atoms with van der Waals surface area (Å²) in [6, 6.07) is -0.986. The van der Waals surface area contributed by atoms with Crippen molar-refractivity contribution in [3.63, 3.8) is 0 Å². The summed E-state index contributed by atoms with van der Waals surface area (Å²) >= 11 is 0. The average Bonchev–Trinajstić information content (AvgIpc) is 3.37. The Kier molecular flexibility index (Phi) is 49.2. The highest BCUT2D eigenvalue weighted by Gasteiger charge is 2.44. The van der Waals surface area contributed by atoms with Crippen molar-refractivity contribution in [2.45, 2.75) is 371 Å².